The van der Waals surface area contributed by atoms with Gasteiger partial charge in [-0.05, 0) is 55.2 Å². The molecule has 1 aromatic rings. The number of hydrogen-bond donors (Lipinski definition) is 1. The molecule has 2 fully saturated rings. The van der Waals surface area contributed by atoms with Crippen molar-refractivity contribution < 1.29 is 13.2 Å². The fraction of sp³-hybridized carbons (Fsp3) is 0.682. The van der Waals surface area contributed by atoms with Gasteiger partial charge in [0, 0.05) is 25.6 Å². The Morgan fingerprint density at radius 2 is 1.71 bits per heavy atom. The highest BCUT2D eigenvalue weighted by Crippen LogP contribution is 2.29. The summed E-state index contributed by atoms with van der Waals surface area (Å²) in [6.45, 7) is 5.73. The van der Waals surface area contributed by atoms with E-state index in [9.17, 15) is 13.2 Å². The second-order valence-electron chi connectivity index (χ2n) is 8.55. The number of hydrogen-bond acceptors (Lipinski definition) is 3. The van der Waals surface area contributed by atoms with Gasteiger partial charge in [-0.2, -0.15) is 4.31 Å². The second kappa shape index (κ2) is 9.40. The van der Waals surface area contributed by atoms with Gasteiger partial charge in [0.2, 0.25) is 15.9 Å². The average molecular weight is 407 g/mol. The van der Waals surface area contributed by atoms with Crippen LogP contribution >= 0.6 is 0 Å². The van der Waals surface area contributed by atoms with Crippen molar-refractivity contribution in [3.8, 4) is 0 Å². The van der Waals surface area contributed by atoms with Crippen LogP contribution in [0.1, 0.15) is 64.4 Å². The van der Waals surface area contributed by atoms with Gasteiger partial charge in [-0.1, -0.05) is 45.2 Å². The van der Waals surface area contributed by atoms with Crippen molar-refractivity contribution in [3.05, 3.63) is 29.8 Å². The lowest BCUT2D eigenvalue weighted by Gasteiger charge is -2.34. The molecule has 6 heteroatoms. The molecule has 0 aromatic heterocycles. The maximum Gasteiger partial charge on any atom is 0.243 e. The molecule has 1 saturated carbocycles. The number of piperidine rings is 1. The number of amides is 1. The number of nitrogens with zero attached hydrogens (tertiary/aromatic N) is 1. The normalized spacial score (nSPS) is 26.7. The third-order valence-electron chi connectivity index (χ3n) is 6.57. The molecule has 1 amide bonds. The van der Waals surface area contributed by atoms with E-state index in [0.717, 1.165) is 31.2 Å². The predicted octanol–water partition coefficient (Wildman–Crippen LogP) is 3.73. The van der Waals surface area contributed by atoms with Crippen LogP contribution in [-0.2, 0) is 21.2 Å². The van der Waals surface area contributed by atoms with E-state index in [-0.39, 0.29) is 11.9 Å². The SMILES string of the molecule is C[C@H]1[C@H](C)CCC[C@H]1NC(=O)CCc1ccc(S(=O)(=O)N2CCCCC2)cc1. The van der Waals surface area contributed by atoms with E-state index in [4.69, 9.17) is 0 Å². The van der Waals surface area contributed by atoms with Gasteiger partial charge in [0.15, 0.2) is 0 Å². The smallest absolute Gasteiger partial charge is 0.243 e. The number of nitrogens with one attached hydrogen (secondary N) is 1. The van der Waals surface area contributed by atoms with Gasteiger partial charge in [-0.3, -0.25) is 4.79 Å². The fourth-order valence-electron chi connectivity index (χ4n) is 4.40. The summed E-state index contributed by atoms with van der Waals surface area (Å²) in [5.74, 6) is 1.28. The van der Waals surface area contributed by atoms with Crippen LogP contribution < -0.4 is 5.32 Å². The van der Waals surface area contributed by atoms with Crippen molar-refractivity contribution in [2.45, 2.75) is 76.2 Å². The van der Waals surface area contributed by atoms with Crippen LogP contribution in [0.25, 0.3) is 0 Å². The zero-order valence-electron chi connectivity index (χ0n) is 17.2. The van der Waals surface area contributed by atoms with Crippen molar-refractivity contribution in [2.24, 2.45) is 11.8 Å². The molecule has 2 aliphatic rings. The number of benzene rings is 1. The summed E-state index contributed by atoms with van der Waals surface area (Å²) >= 11 is 0. The van der Waals surface area contributed by atoms with Gasteiger partial charge < -0.3 is 5.32 Å². The predicted molar refractivity (Wildman–Crippen MR) is 111 cm³/mol. The molecule has 156 valence electrons. The molecule has 3 rings (SSSR count). The quantitative estimate of drug-likeness (QED) is 0.783. The first-order chi connectivity index (χ1) is 13.4. The molecule has 1 aromatic carbocycles. The molecule has 0 spiro atoms. The van der Waals surface area contributed by atoms with Crippen molar-refractivity contribution in [3.63, 3.8) is 0 Å². The molecule has 0 unspecified atom stereocenters. The lowest BCUT2D eigenvalue weighted by atomic mass is 9.78. The highest BCUT2D eigenvalue weighted by molar-refractivity contribution is 7.89. The minimum absolute atomic E-state index is 0.0935. The van der Waals surface area contributed by atoms with Crippen LogP contribution in [0.5, 0.6) is 0 Å². The van der Waals surface area contributed by atoms with E-state index in [2.05, 4.69) is 19.2 Å². The molecule has 1 aliphatic carbocycles. The van der Waals surface area contributed by atoms with E-state index in [1.54, 1.807) is 16.4 Å². The number of carbonyl (C=O) groups excluding carboxylic acids is 1. The first kappa shape index (κ1) is 21.3. The minimum atomic E-state index is -3.39. The number of rotatable bonds is 6. The molecule has 28 heavy (non-hydrogen) atoms. The Hall–Kier alpha value is -1.40. The number of carbonyl (C=O) groups is 1. The minimum Gasteiger partial charge on any atom is -0.353 e. The maximum absolute atomic E-state index is 12.7. The topological polar surface area (TPSA) is 66.5 Å². The Balaban J connectivity index is 1.52. The van der Waals surface area contributed by atoms with Crippen molar-refractivity contribution in [1.82, 2.24) is 9.62 Å². The summed E-state index contributed by atoms with van der Waals surface area (Å²) in [5, 5.41) is 3.21. The zero-order chi connectivity index (χ0) is 20.1. The van der Waals surface area contributed by atoms with E-state index in [1.807, 2.05) is 12.1 Å². The highest BCUT2D eigenvalue weighted by atomic mass is 32.2. The summed E-state index contributed by atoms with van der Waals surface area (Å²) < 4.78 is 27.0. The molecule has 0 bridgehead atoms. The third-order valence-corrected chi connectivity index (χ3v) is 8.48. The zero-order valence-corrected chi connectivity index (χ0v) is 18.0. The monoisotopic (exact) mass is 406 g/mol. The van der Waals surface area contributed by atoms with Crippen LogP contribution in [0.3, 0.4) is 0 Å². The summed E-state index contributed by atoms with van der Waals surface area (Å²) in [4.78, 5) is 12.7. The van der Waals surface area contributed by atoms with Crippen molar-refractivity contribution in [1.29, 1.82) is 0 Å². The fourth-order valence-corrected chi connectivity index (χ4v) is 5.92. The number of aryl methyl sites for hydroxylation is 1. The molecule has 1 aliphatic heterocycles. The van der Waals surface area contributed by atoms with E-state index in [1.165, 1.54) is 12.8 Å². The largest absolute Gasteiger partial charge is 0.353 e. The Morgan fingerprint density at radius 1 is 1.04 bits per heavy atom. The molecule has 1 heterocycles. The highest BCUT2D eigenvalue weighted by Gasteiger charge is 2.28. The molecule has 1 N–H and O–H groups in total. The van der Waals surface area contributed by atoms with Gasteiger partial charge in [-0.25, -0.2) is 8.42 Å². The Morgan fingerprint density at radius 3 is 2.39 bits per heavy atom. The van der Waals surface area contributed by atoms with Gasteiger partial charge in [0.25, 0.3) is 0 Å². The molecule has 0 radical (unpaired) electrons. The molecule has 5 nitrogen and oxygen atoms in total. The third kappa shape index (κ3) is 5.15. The van der Waals surface area contributed by atoms with Gasteiger partial charge >= 0.3 is 0 Å². The molecule has 1 saturated heterocycles. The average Bonchev–Trinajstić information content (AvgIpc) is 2.71. The first-order valence-corrected chi connectivity index (χ1v) is 12.2. The van der Waals surface area contributed by atoms with Gasteiger partial charge in [0.05, 0.1) is 4.90 Å². The Kier molecular flexibility index (Phi) is 7.15. The first-order valence-electron chi connectivity index (χ1n) is 10.8. The molecule has 3 atom stereocenters. The maximum atomic E-state index is 12.7. The van der Waals surface area contributed by atoms with Crippen LogP contribution in [0.2, 0.25) is 0 Å². The van der Waals surface area contributed by atoms with Crippen molar-refractivity contribution >= 4 is 15.9 Å². The Bertz CT molecular complexity index is 754. The van der Waals surface area contributed by atoms with Gasteiger partial charge in [0.1, 0.15) is 0 Å². The summed E-state index contributed by atoms with van der Waals surface area (Å²) in [5.41, 5.74) is 0.998. The van der Waals surface area contributed by atoms with E-state index >= 15 is 0 Å². The molecular formula is C22H34N2O3S. The molecular weight excluding hydrogens is 372 g/mol. The number of sulfonamides is 1. The Labute approximate surface area is 169 Å². The van der Waals surface area contributed by atoms with E-state index in [0.29, 0.717) is 42.7 Å². The lowest BCUT2D eigenvalue weighted by Crippen LogP contribution is -2.43. The van der Waals surface area contributed by atoms with Gasteiger partial charge in [-0.15, -0.1) is 0 Å². The summed E-state index contributed by atoms with van der Waals surface area (Å²) in [6.07, 6.45) is 7.55. The van der Waals surface area contributed by atoms with Crippen LogP contribution in [0.15, 0.2) is 29.2 Å². The van der Waals surface area contributed by atoms with Crippen molar-refractivity contribution in [2.75, 3.05) is 13.1 Å². The van der Waals surface area contributed by atoms with Crippen LogP contribution in [-0.4, -0.2) is 37.8 Å². The van der Waals surface area contributed by atoms with Crippen LogP contribution in [0.4, 0.5) is 0 Å². The lowest BCUT2D eigenvalue weighted by molar-refractivity contribution is -0.122. The second-order valence-corrected chi connectivity index (χ2v) is 10.5. The summed E-state index contributed by atoms with van der Waals surface area (Å²) in [7, 11) is -3.39. The standard InChI is InChI=1S/C22H34N2O3S/c1-17-7-6-8-21(18(17)2)23-22(25)14-11-19-9-12-20(13-10-19)28(26,27)24-15-4-3-5-16-24/h9-10,12-13,17-18,21H,3-8,11,14-16H2,1-2H3,(H,23,25)/t17-,18+,21-/m1/s1. The summed E-state index contributed by atoms with van der Waals surface area (Å²) in [6, 6.07) is 7.34. The van der Waals surface area contributed by atoms with Crippen LogP contribution in [0, 0.1) is 11.8 Å². The van der Waals surface area contributed by atoms with E-state index < -0.39 is 10.0 Å².